The van der Waals surface area contributed by atoms with Crippen molar-refractivity contribution in [3.8, 4) is 11.5 Å². The van der Waals surface area contributed by atoms with Crippen molar-refractivity contribution >= 4 is 23.5 Å². The third-order valence-corrected chi connectivity index (χ3v) is 7.82. The van der Waals surface area contributed by atoms with E-state index < -0.39 is 23.5 Å². The first-order valence-electron chi connectivity index (χ1n) is 19.2. The van der Waals surface area contributed by atoms with Crippen LogP contribution in [0.3, 0.4) is 0 Å². The fourth-order valence-electron chi connectivity index (χ4n) is 4.61. The molecule has 0 spiro atoms. The number of aliphatic hydroxyl groups excluding tert-OH is 1. The normalized spacial score (nSPS) is 11.7. The fraction of sp³-hybridized carbons (Fsp3) is 0.391. The smallest absolute Gasteiger partial charge is 0.340 e. The largest absolute Gasteiger partial charge is 0.491 e. The highest BCUT2D eigenvalue weighted by molar-refractivity contribution is 6.02. The molecule has 0 saturated carbocycles. The van der Waals surface area contributed by atoms with Crippen LogP contribution in [0.2, 0.25) is 0 Å². The quantitative estimate of drug-likeness (QED) is 0.0324. The number of aromatic carboxylic acids is 1. The van der Waals surface area contributed by atoms with Crippen molar-refractivity contribution in [1.29, 1.82) is 0 Å². The summed E-state index contributed by atoms with van der Waals surface area (Å²) in [6.45, 7) is 10.7. The molecule has 0 aliphatic rings. The minimum Gasteiger partial charge on any atom is -0.491 e. The number of carbonyl (C=O) groups is 4. The molecular formula is C46H60O14. The zero-order valence-electron chi connectivity index (χ0n) is 35.7. The number of benzene rings is 4. The van der Waals surface area contributed by atoms with Crippen LogP contribution in [0.4, 0.5) is 0 Å². The van der Waals surface area contributed by atoms with Crippen LogP contribution >= 0.6 is 0 Å². The second-order valence-corrected chi connectivity index (χ2v) is 13.7. The lowest BCUT2D eigenvalue weighted by Crippen LogP contribution is -2.30. The van der Waals surface area contributed by atoms with Crippen LogP contribution in [0.1, 0.15) is 95.8 Å². The van der Waals surface area contributed by atoms with Crippen molar-refractivity contribution in [2.45, 2.75) is 78.2 Å². The van der Waals surface area contributed by atoms with Crippen molar-refractivity contribution in [1.82, 2.24) is 0 Å². The number of carboxylic acid groups (broad SMARTS) is 1. The molecule has 60 heavy (non-hydrogen) atoms. The van der Waals surface area contributed by atoms with E-state index in [-0.39, 0.29) is 37.0 Å². The van der Waals surface area contributed by atoms with Gasteiger partial charge < -0.3 is 48.8 Å². The molecule has 2 unspecified atom stereocenters. The number of methoxy groups -OCH3 is 2. The zero-order valence-corrected chi connectivity index (χ0v) is 35.7. The van der Waals surface area contributed by atoms with Crippen LogP contribution in [0.5, 0.6) is 11.5 Å². The van der Waals surface area contributed by atoms with Crippen molar-refractivity contribution < 1.29 is 68.0 Å². The molecule has 0 aromatic heterocycles. The predicted molar refractivity (Wildman–Crippen MR) is 226 cm³/mol. The maximum absolute atomic E-state index is 11.9. The minimum atomic E-state index is -1.37. The summed E-state index contributed by atoms with van der Waals surface area (Å²) in [5, 5.41) is 36.2. The Morgan fingerprint density at radius 2 is 0.950 bits per heavy atom. The van der Waals surface area contributed by atoms with E-state index in [9.17, 15) is 29.4 Å². The molecule has 328 valence electrons. The van der Waals surface area contributed by atoms with Crippen LogP contribution in [-0.2, 0) is 18.9 Å². The molecule has 0 bridgehead atoms. The van der Waals surface area contributed by atoms with Crippen LogP contribution in [0.25, 0.3) is 0 Å². The van der Waals surface area contributed by atoms with Crippen LogP contribution < -0.4 is 9.47 Å². The molecule has 4 rings (SSSR count). The number of ketones is 2. The molecule has 14 nitrogen and oxygen atoms in total. The van der Waals surface area contributed by atoms with E-state index in [1.807, 2.05) is 19.9 Å². The van der Waals surface area contributed by atoms with Gasteiger partial charge in [0, 0.05) is 31.8 Å². The topological polar surface area (TPSA) is 205 Å². The Labute approximate surface area is 352 Å². The number of hydrogen-bond donors (Lipinski definition) is 4. The molecule has 14 heteroatoms. The number of hydrogen-bond acceptors (Lipinski definition) is 13. The number of carboxylic acids is 1. The molecule has 2 atom stereocenters. The Kier molecular flexibility index (Phi) is 24.6. The van der Waals surface area contributed by atoms with E-state index in [4.69, 9.17) is 38.6 Å². The van der Waals surface area contributed by atoms with Crippen molar-refractivity contribution in [2.75, 3.05) is 40.6 Å². The van der Waals surface area contributed by atoms with E-state index in [1.54, 1.807) is 110 Å². The van der Waals surface area contributed by atoms with Crippen LogP contribution in [-0.4, -0.2) is 108 Å². The number of Topliss-reactive ketones (excluding diaryl/α,β-unsaturated/α-hetero) is 2. The van der Waals surface area contributed by atoms with E-state index in [0.717, 1.165) is 6.42 Å². The maximum atomic E-state index is 11.9. The van der Waals surface area contributed by atoms with Gasteiger partial charge in [-0.25, -0.2) is 9.59 Å². The molecule has 0 aliphatic heterocycles. The minimum absolute atomic E-state index is 0.0512. The van der Waals surface area contributed by atoms with Gasteiger partial charge in [-0.05, 0) is 107 Å². The Balaban J connectivity index is 0.000000415. The van der Waals surface area contributed by atoms with Gasteiger partial charge in [0.1, 0.15) is 35.9 Å². The number of rotatable bonds is 19. The summed E-state index contributed by atoms with van der Waals surface area (Å²) in [5.41, 5.74) is -0.972. The van der Waals surface area contributed by atoms with E-state index in [0.29, 0.717) is 53.4 Å². The number of ether oxygens (including phenoxy) is 6. The van der Waals surface area contributed by atoms with Crippen LogP contribution in [0.15, 0.2) is 109 Å². The van der Waals surface area contributed by atoms with Gasteiger partial charge in [-0.2, -0.15) is 0 Å². The molecule has 4 N–H and O–H groups in total. The van der Waals surface area contributed by atoms with Gasteiger partial charge in [-0.1, -0.05) is 50.2 Å². The standard InChI is InChI=1S/C16H24O5.C12H16O4.C11H14O3.C7H6O2/c1-5-14(19-4)21-11-10-20-13-8-6-12(7-9-13)15(17)16(2,3)18;1-12(2,15)11(14)9-3-5-10(6-4-9)16-8-7-13;1-3-10(13-2)14-11(12)9-7-5-4-6-8-9;8-7(9)6-4-2-1-3-5-6/h6-9,14,18H,5,10-11H2,1-4H3;3-6,13,15H,7-8H2,1-2H3;4-8,10H,3H2,1-2H3;1-5H,(H,8,9). The number of aliphatic hydroxyl groups is 3. The van der Waals surface area contributed by atoms with E-state index >= 15 is 0 Å². The van der Waals surface area contributed by atoms with E-state index in [2.05, 4.69) is 0 Å². The maximum Gasteiger partial charge on any atom is 0.340 e. The highest BCUT2D eigenvalue weighted by Crippen LogP contribution is 2.18. The molecule has 0 aliphatic carbocycles. The second kappa shape index (κ2) is 28.1. The highest BCUT2D eigenvalue weighted by Gasteiger charge is 2.26. The molecule has 0 heterocycles. The molecule has 4 aromatic carbocycles. The summed E-state index contributed by atoms with van der Waals surface area (Å²) in [6, 6.07) is 30.3. The Bertz CT molecular complexity index is 1790. The van der Waals surface area contributed by atoms with Gasteiger partial charge in [-0.3, -0.25) is 9.59 Å². The van der Waals surface area contributed by atoms with Crippen LogP contribution in [0, 0.1) is 0 Å². The highest BCUT2D eigenvalue weighted by atomic mass is 16.7. The molecule has 0 fully saturated rings. The summed E-state index contributed by atoms with van der Waals surface area (Å²) in [4.78, 5) is 45.2. The summed E-state index contributed by atoms with van der Waals surface area (Å²) in [7, 11) is 3.12. The lowest BCUT2D eigenvalue weighted by Gasteiger charge is -2.16. The first kappa shape index (κ1) is 52.5. The zero-order chi connectivity index (χ0) is 45.1. The molecular weight excluding hydrogens is 776 g/mol. The molecule has 0 amide bonds. The monoisotopic (exact) mass is 836 g/mol. The summed E-state index contributed by atoms with van der Waals surface area (Å²) in [5.74, 6) is -0.642. The molecule has 0 saturated heterocycles. The summed E-state index contributed by atoms with van der Waals surface area (Å²) < 4.78 is 31.2. The average Bonchev–Trinajstić information content (AvgIpc) is 3.25. The second-order valence-electron chi connectivity index (χ2n) is 13.7. The van der Waals surface area contributed by atoms with Crippen molar-refractivity contribution in [2.24, 2.45) is 0 Å². The summed E-state index contributed by atoms with van der Waals surface area (Å²) >= 11 is 0. The van der Waals surface area contributed by atoms with Crippen molar-refractivity contribution in [3.63, 3.8) is 0 Å². The predicted octanol–water partition coefficient (Wildman–Crippen LogP) is 7.04. The van der Waals surface area contributed by atoms with Gasteiger partial charge in [-0.15, -0.1) is 0 Å². The third-order valence-electron chi connectivity index (χ3n) is 7.82. The first-order valence-corrected chi connectivity index (χ1v) is 19.2. The van der Waals surface area contributed by atoms with Gasteiger partial charge in [0.15, 0.2) is 17.9 Å². The molecule has 4 aromatic rings. The Morgan fingerprint density at radius 3 is 1.28 bits per heavy atom. The van der Waals surface area contributed by atoms with Gasteiger partial charge in [0.25, 0.3) is 0 Å². The lowest BCUT2D eigenvalue weighted by atomic mass is 9.97. The number of carbonyl (C=O) groups excluding carboxylic acids is 3. The summed E-state index contributed by atoms with van der Waals surface area (Å²) in [6.07, 6.45) is 0.766. The number of esters is 1. The first-order chi connectivity index (χ1) is 28.4. The Hall–Kier alpha value is -5.48. The lowest BCUT2D eigenvalue weighted by molar-refractivity contribution is -0.129. The Morgan fingerprint density at radius 1 is 0.550 bits per heavy atom. The third kappa shape index (κ3) is 21.0. The average molecular weight is 837 g/mol. The van der Waals surface area contributed by atoms with Gasteiger partial charge in [0.05, 0.1) is 24.3 Å². The van der Waals surface area contributed by atoms with Crippen molar-refractivity contribution in [3.05, 3.63) is 131 Å². The van der Waals surface area contributed by atoms with E-state index in [1.165, 1.54) is 34.8 Å². The SMILES string of the molecule is CC(C)(O)C(=O)c1ccc(OCCO)cc1.CCC(OC)OC(=O)c1ccccc1.CCC(OC)OCCOc1ccc(C(=O)C(C)(C)O)cc1.O=C(O)c1ccccc1. The van der Waals surface area contributed by atoms with Gasteiger partial charge in [0.2, 0.25) is 6.29 Å². The molecule has 0 radical (unpaired) electrons. The fourth-order valence-corrected chi connectivity index (χ4v) is 4.61. The van der Waals surface area contributed by atoms with Gasteiger partial charge >= 0.3 is 11.9 Å².